The maximum atomic E-state index is 12.3. The molecule has 1 aliphatic rings. The first kappa shape index (κ1) is 22.5. The number of sulfone groups is 1. The molecule has 30 heavy (non-hydrogen) atoms. The lowest BCUT2D eigenvalue weighted by atomic mass is 10.0. The van der Waals surface area contributed by atoms with Gasteiger partial charge in [0.1, 0.15) is 11.5 Å². The van der Waals surface area contributed by atoms with Gasteiger partial charge in [0.15, 0.2) is 9.84 Å². The van der Waals surface area contributed by atoms with Crippen LogP contribution in [0.5, 0.6) is 0 Å². The van der Waals surface area contributed by atoms with E-state index in [1.54, 1.807) is 19.2 Å². The van der Waals surface area contributed by atoms with Gasteiger partial charge < -0.3 is 10.2 Å². The van der Waals surface area contributed by atoms with Gasteiger partial charge in [0.25, 0.3) is 5.91 Å². The summed E-state index contributed by atoms with van der Waals surface area (Å²) in [5.41, 5.74) is 1.09. The fourth-order valence-corrected chi connectivity index (χ4v) is 4.27. The van der Waals surface area contributed by atoms with Crippen molar-refractivity contribution in [3.8, 4) is 0 Å². The monoisotopic (exact) mass is 468 g/mol. The molecule has 160 valence electrons. The molecule has 0 saturated carbocycles. The second-order valence-electron chi connectivity index (χ2n) is 7.17. The van der Waals surface area contributed by atoms with Crippen LogP contribution in [0.3, 0.4) is 0 Å². The fraction of sp³-hybridized carbons (Fsp3) is 0.350. The summed E-state index contributed by atoms with van der Waals surface area (Å²) in [5.74, 6) is 0.214. The summed E-state index contributed by atoms with van der Waals surface area (Å²) in [4.78, 5) is 23.1. The summed E-state index contributed by atoms with van der Waals surface area (Å²) in [6.45, 7) is 2.46. The van der Waals surface area contributed by atoms with Crippen molar-refractivity contribution in [3.63, 3.8) is 0 Å². The maximum absolute atomic E-state index is 12.3. The minimum Gasteiger partial charge on any atom is -0.348 e. The minimum absolute atomic E-state index is 0.0336. The molecule has 7 nitrogen and oxygen atoms in total. The SMILES string of the molecule is C[C@H](/C=C/S(C)(=O)=O)NC(=O)c1cnc(N2CCCC2c2cccc(Cl)c2Cl)cn1. The summed E-state index contributed by atoms with van der Waals surface area (Å²) >= 11 is 12.6. The average molecular weight is 469 g/mol. The number of nitrogens with zero attached hydrogens (tertiary/aromatic N) is 3. The number of amides is 1. The van der Waals surface area contributed by atoms with E-state index in [2.05, 4.69) is 20.2 Å². The van der Waals surface area contributed by atoms with Crippen LogP contribution in [-0.4, -0.2) is 43.1 Å². The molecule has 0 aliphatic carbocycles. The Balaban J connectivity index is 1.72. The number of carbonyl (C=O) groups excluding carboxylic acids is 1. The van der Waals surface area contributed by atoms with Crippen molar-refractivity contribution in [1.29, 1.82) is 0 Å². The van der Waals surface area contributed by atoms with Crippen molar-refractivity contribution in [2.24, 2.45) is 0 Å². The molecule has 3 rings (SSSR count). The molecule has 1 aromatic carbocycles. The molecule has 10 heteroatoms. The number of aromatic nitrogens is 2. The summed E-state index contributed by atoms with van der Waals surface area (Å²) < 4.78 is 22.4. The molecule has 0 bridgehead atoms. The lowest BCUT2D eigenvalue weighted by molar-refractivity contribution is 0.0941. The van der Waals surface area contributed by atoms with Crippen LogP contribution in [0.2, 0.25) is 10.0 Å². The number of carbonyl (C=O) groups is 1. The van der Waals surface area contributed by atoms with Gasteiger partial charge in [0.05, 0.1) is 28.5 Å². The summed E-state index contributed by atoms with van der Waals surface area (Å²) in [6, 6.07) is 5.15. The third kappa shape index (κ3) is 5.50. The van der Waals surface area contributed by atoms with E-state index < -0.39 is 21.8 Å². The first-order valence-electron chi connectivity index (χ1n) is 9.37. The van der Waals surface area contributed by atoms with Crippen LogP contribution in [0.4, 0.5) is 5.82 Å². The van der Waals surface area contributed by atoms with E-state index in [1.165, 1.54) is 12.3 Å². The van der Waals surface area contributed by atoms with Gasteiger partial charge in [-0.25, -0.2) is 18.4 Å². The van der Waals surface area contributed by atoms with Gasteiger partial charge in [-0.1, -0.05) is 41.4 Å². The van der Waals surface area contributed by atoms with Crippen LogP contribution in [0.1, 0.15) is 41.9 Å². The van der Waals surface area contributed by atoms with Crippen molar-refractivity contribution in [2.45, 2.75) is 31.8 Å². The van der Waals surface area contributed by atoms with E-state index >= 15 is 0 Å². The standard InChI is InChI=1S/C20H22Cl2N4O3S/c1-13(8-10-30(2,28)29)25-20(27)16-11-24-18(12-23-16)26-9-4-7-17(26)14-5-3-6-15(21)19(14)22/h3,5-6,8,10-13,17H,4,7,9H2,1-2H3,(H,25,27)/b10-8+/t13-,17?/m1/s1. The highest BCUT2D eigenvalue weighted by Crippen LogP contribution is 2.40. The Morgan fingerprint density at radius 1 is 1.30 bits per heavy atom. The third-order valence-electron chi connectivity index (χ3n) is 4.73. The van der Waals surface area contributed by atoms with Crippen LogP contribution in [0.15, 0.2) is 42.1 Å². The highest BCUT2D eigenvalue weighted by molar-refractivity contribution is 7.93. The number of nitrogens with one attached hydrogen (secondary N) is 1. The van der Waals surface area contributed by atoms with Gasteiger partial charge in [-0.2, -0.15) is 0 Å². The Kier molecular flexibility index (Phi) is 7.00. The Morgan fingerprint density at radius 3 is 2.73 bits per heavy atom. The predicted molar refractivity (Wildman–Crippen MR) is 119 cm³/mol. The molecular weight excluding hydrogens is 447 g/mol. The number of hydrogen-bond acceptors (Lipinski definition) is 6. The van der Waals surface area contributed by atoms with Gasteiger partial charge in [-0.15, -0.1) is 0 Å². The number of hydrogen-bond donors (Lipinski definition) is 1. The van der Waals surface area contributed by atoms with Crippen LogP contribution in [0, 0.1) is 0 Å². The second kappa shape index (κ2) is 9.32. The molecule has 1 N–H and O–H groups in total. The molecule has 1 saturated heterocycles. The van der Waals surface area contributed by atoms with E-state index in [-0.39, 0.29) is 11.7 Å². The van der Waals surface area contributed by atoms with Gasteiger partial charge in [0, 0.05) is 24.3 Å². The van der Waals surface area contributed by atoms with Gasteiger partial charge in [-0.05, 0) is 31.4 Å². The van der Waals surface area contributed by atoms with E-state index in [9.17, 15) is 13.2 Å². The van der Waals surface area contributed by atoms with Crippen molar-refractivity contribution in [3.05, 3.63) is 63.4 Å². The normalized spacial score (nSPS) is 18.0. The average Bonchev–Trinajstić information content (AvgIpc) is 3.17. The van der Waals surface area contributed by atoms with Gasteiger partial charge >= 0.3 is 0 Å². The van der Waals surface area contributed by atoms with E-state index in [0.29, 0.717) is 15.9 Å². The van der Waals surface area contributed by atoms with Crippen molar-refractivity contribution >= 4 is 44.8 Å². The summed E-state index contributed by atoms with van der Waals surface area (Å²) in [5, 5.41) is 4.77. The van der Waals surface area contributed by atoms with Crippen molar-refractivity contribution in [2.75, 3.05) is 17.7 Å². The smallest absolute Gasteiger partial charge is 0.271 e. The molecule has 1 fully saturated rings. The van der Waals surface area contributed by atoms with E-state index in [4.69, 9.17) is 23.2 Å². The minimum atomic E-state index is -3.25. The zero-order valence-electron chi connectivity index (χ0n) is 16.5. The van der Waals surface area contributed by atoms with Gasteiger partial charge in [0.2, 0.25) is 0 Å². The maximum Gasteiger partial charge on any atom is 0.271 e. The number of anilines is 1. The molecule has 1 aliphatic heterocycles. The third-order valence-corrected chi connectivity index (χ3v) is 6.22. The zero-order chi connectivity index (χ0) is 21.9. The predicted octanol–water partition coefficient (Wildman–Crippen LogP) is 3.80. The lowest BCUT2D eigenvalue weighted by Crippen LogP contribution is -2.32. The Morgan fingerprint density at radius 2 is 2.07 bits per heavy atom. The van der Waals surface area contributed by atoms with Crippen LogP contribution in [-0.2, 0) is 9.84 Å². The number of rotatable bonds is 6. The molecular formula is C20H22Cl2N4O3S. The largest absolute Gasteiger partial charge is 0.348 e. The van der Waals surface area contributed by atoms with Crippen LogP contribution >= 0.6 is 23.2 Å². The highest BCUT2D eigenvalue weighted by atomic mass is 35.5. The Labute approximate surface area is 186 Å². The lowest BCUT2D eigenvalue weighted by Gasteiger charge is -2.26. The second-order valence-corrected chi connectivity index (χ2v) is 9.89. The summed E-state index contributed by atoms with van der Waals surface area (Å²) in [6.07, 6.45) is 7.34. The molecule has 2 atom stereocenters. The zero-order valence-corrected chi connectivity index (χ0v) is 18.9. The Bertz CT molecular complexity index is 1060. The molecule has 2 aromatic rings. The molecule has 0 spiro atoms. The van der Waals surface area contributed by atoms with Crippen LogP contribution < -0.4 is 10.2 Å². The number of halogens is 2. The van der Waals surface area contributed by atoms with Crippen molar-refractivity contribution < 1.29 is 13.2 Å². The number of benzene rings is 1. The molecule has 1 aromatic heterocycles. The molecule has 2 heterocycles. The Hall–Kier alpha value is -2.16. The molecule has 1 unspecified atom stereocenters. The molecule has 0 radical (unpaired) electrons. The summed E-state index contributed by atoms with van der Waals surface area (Å²) in [7, 11) is -3.25. The topological polar surface area (TPSA) is 92.3 Å². The van der Waals surface area contributed by atoms with E-state index in [0.717, 1.165) is 36.6 Å². The van der Waals surface area contributed by atoms with Crippen LogP contribution in [0.25, 0.3) is 0 Å². The first-order chi connectivity index (χ1) is 14.2. The highest BCUT2D eigenvalue weighted by Gasteiger charge is 2.29. The van der Waals surface area contributed by atoms with Gasteiger partial charge in [-0.3, -0.25) is 4.79 Å². The molecule has 1 amide bonds. The quantitative estimate of drug-likeness (QED) is 0.692. The van der Waals surface area contributed by atoms with Crippen molar-refractivity contribution in [1.82, 2.24) is 15.3 Å². The van der Waals surface area contributed by atoms with E-state index in [1.807, 2.05) is 12.1 Å². The fourth-order valence-electron chi connectivity index (χ4n) is 3.32. The first-order valence-corrected chi connectivity index (χ1v) is 12.1.